The third-order valence-electron chi connectivity index (χ3n) is 4.25. The van der Waals surface area contributed by atoms with Gasteiger partial charge in [0.15, 0.2) is 0 Å². The van der Waals surface area contributed by atoms with Crippen LogP contribution in [-0.4, -0.2) is 21.7 Å². The van der Waals surface area contributed by atoms with Crippen LogP contribution in [0.1, 0.15) is 27.3 Å². The largest absolute Gasteiger partial charge is 0.351 e. The lowest BCUT2D eigenvalue weighted by Crippen LogP contribution is -2.23. The van der Waals surface area contributed by atoms with Crippen LogP contribution in [0.25, 0.3) is 5.69 Å². The topological polar surface area (TPSA) is 102 Å². The Bertz CT molecular complexity index is 1010. The first-order valence-corrected chi connectivity index (χ1v) is 8.98. The van der Waals surface area contributed by atoms with E-state index in [0.29, 0.717) is 22.8 Å². The lowest BCUT2D eigenvalue weighted by atomic mass is 10.1. The van der Waals surface area contributed by atoms with Gasteiger partial charge in [0.05, 0.1) is 22.1 Å². The first-order chi connectivity index (χ1) is 13.3. The van der Waals surface area contributed by atoms with Crippen LogP contribution >= 0.6 is 11.6 Å². The van der Waals surface area contributed by atoms with Gasteiger partial charge in [0.2, 0.25) is 0 Å². The molecule has 0 spiro atoms. The van der Waals surface area contributed by atoms with Gasteiger partial charge < -0.3 is 16.4 Å². The summed E-state index contributed by atoms with van der Waals surface area (Å²) in [6.45, 7) is 4.11. The van der Waals surface area contributed by atoms with Gasteiger partial charge in [0.25, 0.3) is 5.91 Å². The highest BCUT2D eigenvalue weighted by atomic mass is 35.5. The van der Waals surface area contributed by atoms with Gasteiger partial charge in [0.1, 0.15) is 0 Å². The van der Waals surface area contributed by atoms with Crippen molar-refractivity contribution in [1.29, 1.82) is 0 Å². The summed E-state index contributed by atoms with van der Waals surface area (Å²) in [7, 11) is 0. The zero-order chi connectivity index (χ0) is 20.3. The molecule has 0 saturated carbocycles. The average molecular weight is 398 g/mol. The van der Waals surface area contributed by atoms with Crippen molar-refractivity contribution in [3.8, 4) is 5.69 Å². The fourth-order valence-corrected chi connectivity index (χ4v) is 2.88. The highest BCUT2D eigenvalue weighted by Gasteiger charge is 2.11. The lowest BCUT2D eigenvalue weighted by Gasteiger charge is -2.08. The Balaban J connectivity index is 1.63. The molecule has 0 unspecified atom stereocenters. The molecule has 3 aromatic rings. The number of aromatic nitrogens is 2. The smallest absolute Gasteiger partial charge is 0.316 e. The monoisotopic (exact) mass is 397 g/mol. The maximum atomic E-state index is 12.4. The minimum absolute atomic E-state index is 0.183. The minimum Gasteiger partial charge on any atom is -0.351 e. The molecule has 0 radical (unpaired) electrons. The molecule has 3 amide bonds. The van der Waals surface area contributed by atoms with Gasteiger partial charge in [-0.3, -0.25) is 4.79 Å². The molecule has 144 valence electrons. The van der Waals surface area contributed by atoms with E-state index in [2.05, 4.69) is 15.7 Å². The molecule has 0 aliphatic heterocycles. The molecule has 1 aromatic heterocycles. The molecular formula is C20H20ClN5O2. The number of amides is 3. The number of primary amides is 1. The summed E-state index contributed by atoms with van der Waals surface area (Å²) in [6, 6.07) is 13.6. The normalized spacial score (nSPS) is 10.5. The van der Waals surface area contributed by atoms with Gasteiger partial charge in [-0.15, -0.1) is 0 Å². The van der Waals surface area contributed by atoms with E-state index in [4.69, 9.17) is 17.3 Å². The quantitative estimate of drug-likeness (QED) is 0.613. The van der Waals surface area contributed by atoms with E-state index in [-0.39, 0.29) is 5.91 Å². The molecule has 0 saturated heterocycles. The number of rotatable bonds is 5. The van der Waals surface area contributed by atoms with Crippen LogP contribution in [0.3, 0.4) is 0 Å². The Kier molecular flexibility index (Phi) is 5.65. The molecule has 1 heterocycles. The number of hydrogen-bond acceptors (Lipinski definition) is 3. The molecule has 7 nitrogen and oxygen atoms in total. The average Bonchev–Trinajstić information content (AvgIpc) is 2.94. The van der Waals surface area contributed by atoms with Crippen molar-refractivity contribution in [2.75, 3.05) is 5.32 Å². The van der Waals surface area contributed by atoms with Crippen LogP contribution in [0, 0.1) is 13.8 Å². The lowest BCUT2D eigenvalue weighted by molar-refractivity contribution is 0.0951. The van der Waals surface area contributed by atoms with Gasteiger partial charge in [-0.05, 0) is 55.8 Å². The molecule has 28 heavy (non-hydrogen) atoms. The highest BCUT2D eigenvalue weighted by Crippen LogP contribution is 2.22. The number of aryl methyl sites for hydroxylation is 1. The van der Waals surface area contributed by atoms with E-state index in [1.54, 1.807) is 41.1 Å². The molecule has 0 aliphatic carbocycles. The van der Waals surface area contributed by atoms with Crippen LogP contribution in [-0.2, 0) is 6.54 Å². The fraction of sp³-hybridized carbons (Fsp3) is 0.150. The van der Waals surface area contributed by atoms with Gasteiger partial charge in [-0.2, -0.15) is 5.10 Å². The Morgan fingerprint density at radius 2 is 1.71 bits per heavy atom. The van der Waals surface area contributed by atoms with E-state index in [1.807, 2.05) is 26.0 Å². The number of anilines is 1. The number of urea groups is 1. The van der Waals surface area contributed by atoms with Gasteiger partial charge in [-0.1, -0.05) is 23.7 Å². The van der Waals surface area contributed by atoms with Gasteiger partial charge in [-0.25, -0.2) is 9.48 Å². The van der Waals surface area contributed by atoms with Crippen molar-refractivity contribution in [3.63, 3.8) is 0 Å². The van der Waals surface area contributed by atoms with Crippen molar-refractivity contribution in [2.24, 2.45) is 5.73 Å². The summed E-state index contributed by atoms with van der Waals surface area (Å²) in [4.78, 5) is 23.2. The zero-order valence-electron chi connectivity index (χ0n) is 15.5. The predicted molar refractivity (Wildman–Crippen MR) is 109 cm³/mol. The molecule has 0 atom stereocenters. The van der Waals surface area contributed by atoms with Crippen LogP contribution in [0.2, 0.25) is 5.02 Å². The van der Waals surface area contributed by atoms with Gasteiger partial charge in [0, 0.05) is 17.8 Å². The Labute approximate surface area is 167 Å². The van der Waals surface area contributed by atoms with E-state index in [1.165, 1.54) is 0 Å². The Hall–Kier alpha value is -3.32. The molecular weight excluding hydrogens is 378 g/mol. The van der Waals surface area contributed by atoms with Gasteiger partial charge >= 0.3 is 6.03 Å². The van der Waals surface area contributed by atoms with E-state index in [9.17, 15) is 9.59 Å². The molecule has 0 aliphatic rings. The first-order valence-electron chi connectivity index (χ1n) is 8.61. The third kappa shape index (κ3) is 4.32. The summed E-state index contributed by atoms with van der Waals surface area (Å²) < 4.78 is 1.75. The van der Waals surface area contributed by atoms with E-state index < -0.39 is 6.03 Å². The standard InChI is InChI=1S/C20H20ClN5O2/c1-12-18(21)13(2)26(25-12)17-9-5-15(6-10-17)19(27)23-11-14-3-7-16(8-4-14)24-20(22)28/h3-10H,11H2,1-2H3,(H,23,27)(H3,22,24,28). The molecule has 4 N–H and O–H groups in total. The number of carbonyl (C=O) groups excluding carboxylic acids is 2. The third-order valence-corrected chi connectivity index (χ3v) is 4.80. The molecule has 2 aromatic carbocycles. The molecule has 0 fully saturated rings. The first kappa shape index (κ1) is 19.4. The highest BCUT2D eigenvalue weighted by molar-refractivity contribution is 6.31. The summed E-state index contributed by atoms with van der Waals surface area (Å²) >= 11 is 6.19. The Morgan fingerprint density at radius 1 is 1.07 bits per heavy atom. The maximum Gasteiger partial charge on any atom is 0.316 e. The SMILES string of the molecule is Cc1nn(-c2ccc(C(=O)NCc3ccc(NC(N)=O)cc3)cc2)c(C)c1Cl. The van der Waals surface area contributed by atoms with Crippen LogP contribution in [0.4, 0.5) is 10.5 Å². The molecule has 0 bridgehead atoms. The van der Waals surface area contributed by atoms with Crippen molar-refractivity contribution >= 4 is 29.2 Å². The van der Waals surface area contributed by atoms with Crippen LogP contribution < -0.4 is 16.4 Å². The second-order valence-electron chi connectivity index (χ2n) is 6.31. The summed E-state index contributed by atoms with van der Waals surface area (Å²) in [6.07, 6.45) is 0. The zero-order valence-corrected chi connectivity index (χ0v) is 16.2. The van der Waals surface area contributed by atoms with Crippen molar-refractivity contribution in [1.82, 2.24) is 15.1 Å². The van der Waals surface area contributed by atoms with Crippen molar-refractivity contribution in [3.05, 3.63) is 76.1 Å². The van der Waals surface area contributed by atoms with Crippen LogP contribution in [0.15, 0.2) is 48.5 Å². The molecule has 3 rings (SSSR count). The second-order valence-corrected chi connectivity index (χ2v) is 6.69. The summed E-state index contributed by atoms with van der Waals surface area (Å²) in [5.41, 5.74) is 9.56. The fourth-order valence-electron chi connectivity index (χ4n) is 2.76. The second kappa shape index (κ2) is 8.14. The summed E-state index contributed by atoms with van der Waals surface area (Å²) in [5.74, 6) is -0.183. The molecule has 8 heteroatoms. The number of nitrogens with one attached hydrogen (secondary N) is 2. The maximum absolute atomic E-state index is 12.4. The number of benzene rings is 2. The number of nitrogens with two attached hydrogens (primary N) is 1. The predicted octanol–water partition coefficient (Wildman–Crippen LogP) is 3.56. The number of hydrogen-bond donors (Lipinski definition) is 3. The summed E-state index contributed by atoms with van der Waals surface area (Å²) in [5, 5.41) is 10.4. The minimum atomic E-state index is -0.618. The van der Waals surface area contributed by atoms with E-state index >= 15 is 0 Å². The number of carbonyl (C=O) groups is 2. The van der Waals surface area contributed by atoms with Crippen molar-refractivity contribution in [2.45, 2.75) is 20.4 Å². The Morgan fingerprint density at radius 3 is 2.25 bits per heavy atom. The number of halogens is 1. The van der Waals surface area contributed by atoms with Crippen molar-refractivity contribution < 1.29 is 9.59 Å². The van der Waals surface area contributed by atoms with Crippen LogP contribution in [0.5, 0.6) is 0 Å². The van der Waals surface area contributed by atoms with E-state index in [0.717, 1.165) is 22.6 Å². The number of nitrogens with zero attached hydrogens (tertiary/aromatic N) is 2.